The highest BCUT2D eigenvalue weighted by atomic mass is 16.5. The number of rotatable bonds is 6. The van der Waals surface area contributed by atoms with Crippen molar-refractivity contribution in [3.05, 3.63) is 29.8 Å². The van der Waals surface area contributed by atoms with Crippen LogP contribution in [0.1, 0.15) is 43.5 Å². The Morgan fingerprint density at radius 2 is 1.95 bits per heavy atom. The van der Waals surface area contributed by atoms with Crippen LogP contribution in [0.15, 0.2) is 24.3 Å². The minimum absolute atomic E-state index is 0.0913. The number of benzene rings is 1. The third kappa shape index (κ3) is 4.01. The normalized spacial score (nSPS) is 21.4. The largest absolute Gasteiger partial charge is 0.491 e. The van der Waals surface area contributed by atoms with Gasteiger partial charge in [-0.05, 0) is 63.3 Å². The van der Waals surface area contributed by atoms with Crippen molar-refractivity contribution in [3.8, 4) is 5.75 Å². The van der Waals surface area contributed by atoms with E-state index in [9.17, 15) is 4.79 Å². The van der Waals surface area contributed by atoms with Crippen LogP contribution in [-0.4, -0.2) is 42.7 Å². The Morgan fingerprint density at radius 3 is 2.59 bits per heavy atom. The van der Waals surface area contributed by atoms with Gasteiger partial charge in [0, 0.05) is 25.3 Å². The maximum Gasteiger partial charge on any atom is 0.253 e. The molecular formula is C18H25NO3. The molecule has 1 unspecified atom stereocenters. The summed E-state index contributed by atoms with van der Waals surface area (Å²) in [5.74, 6) is 1.67. The van der Waals surface area contributed by atoms with Crippen molar-refractivity contribution in [2.75, 3.05) is 19.7 Å². The van der Waals surface area contributed by atoms with E-state index in [2.05, 4.69) is 0 Å². The van der Waals surface area contributed by atoms with Crippen molar-refractivity contribution in [2.24, 2.45) is 5.92 Å². The summed E-state index contributed by atoms with van der Waals surface area (Å²) in [5, 5.41) is 0. The summed E-state index contributed by atoms with van der Waals surface area (Å²) in [6.45, 7) is 6.36. The molecule has 0 aromatic heterocycles. The first-order valence-corrected chi connectivity index (χ1v) is 8.29. The quantitative estimate of drug-likeness (QED) is 0.810. The molecule has 4 heteroatoms. The maximum atomic E-state index is 12.5. The SMILES string of the molecule is CC(C)Oc1ccc(C(=O)N2CCC(OCC3CC3)C2)cc1. The Labute approximate surface area is 132 Å². The van der Waals surface area contributed by atoms with Gasteiger partial charge in [-0.2, -0.15) is 0 Å². The van der Waals surface area contributed by atoms with Gasteiger partial charge in [0.25, 0.3) is 5.91 Å². The zero-order valence-electron chi connectivity index (χ0n) is 13.5. The third-order valence-electron chi connectivity index (χ3n) is 4.17. The van der Waals surface area contributed by atoms with E-state index in [-0.39, 0.29) is 18.1 Å². The molecule has 2 fully saturated rings. The second-order valence-corrected chi connectivity index (χ2v) is 6.63. The lowest BCUT2D eigenvalue weighted by Crippen LogP contribution is -2.30. The van der Waals surface area contributed by atoms with Gasteiger partial charge in [-0.3, -0.25) is 4.79 Å². The molecule has 0 bridgehead atoms. The molecule has 0 radical (unpaired) electrons. The van der Waals surface area contributed by atoms with E-state index in [1.54, 1.807) is 0 Å². The van der Waals surface area contributed by atoms with Crippen LogP contribution in [0.5, 0.6) is 5.75 Å². The van der Waals surface area contributed by atoms with Gasteiger partial charge in [0.15, 0.2) is 0 Å². The minimum Gasteiger partial charge on any atom is -0.491 e. The molecule has 1 aromatic carbocycles. The molecule has 1 aromatic rings. The lowest BCUT2D eigenvalue weighted by molar-refractivity contribution is 0.0480. The lowest BCUT2D eigenvalue weighted by Gasteiger charge is -2.17. The van der Waals surface area contributed by atoms with Crippen molar-refractivity contribution >= 4 is 5.91 Å². The summed E-state index contributed by atoms with van der Waals surface area (Å²) >= 11 is 0. The van der Waals surface area contributed by atoms with Gasteiger partial charge in [-0.25, -0.2) is 0 Å². The van der Waals surface area contributed by atoms with Crippen LogP contribution in [0, 0.1) is 5.92 Å². The summed E-state index contributed by atoms with van der Waals surface area (Å²) < 4.78 is 11.5. The molecular weight excluding hydrogens is 278 g/mol. The monoisotopic (exact) mass is 303 g/mol. The maximum absolute atomic E-state index is 12.5. The van der Waals surface area contributed by atoms with E-state index in [0.29, 0.717) is 0 Å². The predicted molar refractivity (Wildman–Crippen MR) is 85.2 cm³/mol. The fourth-order valence-electron chi connectivity index (χ4n) is 2.74. The molecule has 1 aliphatic heterocycles. The second-order valence-electron chi connectivity index (χ2n) is 6.63. The van der Waals surface area contributed by atoms with E-state index < -0.39 is 0 Å². The smallest absolute Gasteiger partial charge is 0.253 e. The molecule has 22 heavy (non-hydrogen) atoms. The molecule has 2 aliphatic rings. The third-order valence-corrected chi connectivity index (χ3v) is 4.17. The highest BCUT2D eigenvalue weighted by Crippen LogP contribution is 2.30. The Morgan fingerprint density at radius 1 is 1.23 bits per heavy atom. The van der Waals surface area contributed by atoms with Gasteiger partial charge in [0.2, 0.25) is 0 Å². The van der Waals surface area contributed by atoms with Gasteiger partial charge >= 0.3 is 0 Å². The van der Waals surface area contributed by atoms with Crippen molar-refractivity contribution in [3.63, 3.8) is 0 Å². The summed E-state index contributed by atoms with van der Waals surface area (Å²) in [6.07, 6.45) is 3.92. The minimum atomic E-state index is 0.0913. The second kappa shape index (κ2) is 6.69. The van der Waals surface area contributed by atoms with Gasteiger partial charge in [0.1, 0.15) is 5.75 Å². The molecule has 1 amide bonds. The summed E-state index contributed by atoms with van der Waals surface area (Å²) in [6, 6.07) is 7.42. The summed E-state index contributed by atoms with van der Waals surface area (Å²) in [7, 11) is 0. The molecule has 0 spiro atoms. The summed E-state index contributed by atoms with van der Waals surface area (Å²) in [4.78, 5) is 14.4. The number of hydrogen-bond acceptors (Lipinski definition) is 3. The van der Waals surface area contributed by atoms with Crippen LogP contribution in [0.2, 0.25) is 0 Å². The highest BCUT2D eigenvalue weighted by Gasteiger charge is 2.29. The van der Waals surface area contributed by atoms with E-state index >= 15 is 0 Å². The average molecular weight is 303 g/mol. The van der Waals surface area contributed by atoms with E-state index in [0.717, 1.165) is 43.3 Å². The predicted octanol–water partition coefficient (Wildman–Crippen LogP) is 3.11. The van der Waals surface area contributed by atoms with E-state index in [1.165, 1.54) is 12.8 Å². The Hall–Kier alpha value is -1.55. The van der Waals surface area contributed by atoms with E-state index in [4.69, 9.17) is 9.47 Å². The number of ether oxygens (including phenoxy) is 2. The van der Waals surface area contributed by atoms with Crippen molar-refractivity contribution < 1.29 is 14.3 Å². The molecule has 1 atom stereocenters. The van der Waals surface area contributed by atoms with E-state index in [1.807, 2.05) is 43.0 Å². The fraction of sp³-hybridized carbons (Fsp3) is 0.611. The van der Waals surface area contributed by atoms with Gasteiger partial charge in [-0.15, -0.1) is 0 Å². The Balaban J connectivity index is 1.52. The first-order chi connectivity index (χ1) is 10.6. The molecule has 3 rings (SSSR count). The number of carbonyl (C=O) groups is 1. The number of nitrogens with zero attached hydrogens (tertiary/aromatic N) is 1. The topological polar surface area (TPSA) is 38.8 Å². The van der Waals surface area contributed by atoms with Crippen LogP contribution < -0.4 is 4.74 Å². The highest BCUT2D eigenvalue weighted by molar-refractivity contribution is 5.94. The van der Waals surface area contributed by atoms with Gasteiger partial charge in [0.05, 0.1) is 12.2 Å². The van der Waals surface area contributed by atoms with Crippen LogP contribution in [0.3, 0.4) is 0 Å². The number of amides is 1. The van der Waals surface area contributed by atoms with Crippen molar-refractivity contribution in [1.29, 1.82) is 0 Å². The fourth-order valence-corrected chi connectivity index (χ4v) is 2.74. The standard InChI is InChI=1S/C18H25NO3/c1-13(2)22-16-7-5-15(6-8-16)18(20)19-10-9-17(11-19)21-12-14-3-4-14/h5-8,13-14,17H,3-4,9-12H2,1-2H3. The molecule has 4 nitrogen and oxygen atoms in total. The zero-order valence-corrected chi connectivity index (χ0v) is 13.5. The summed E-state index contributed by atoms with van der Waals surface area (Å²) in [5.41, 5.74) is 0.721. The molecule has 1 heterocycles. The first kappa shape index (κ1) is 15.3. The number of carbonyl (C=O) groups excluding carboxylic acids is 1. The van der Waals surface area contributed by atoms with Crippen molar-refractivity contribution in [2.45, 2.75) is 45.3 Å². The van der Waals surface area contributed by atoms with Crippen LogP contribution in [-0.2, 0) is 4.74 Å². The molecule has 1 saturated carbocycles. The molecule has 1 aliphatic carbocycles. The molecule has 120 valence electrons. The molecule has 1 saturated heterocycles. The average Bonchev–Trinajstić information content (AvgIpc) is 3.21. The Bertz CT molecular complexity index is 508. The number of hydrogen-bond donors (Lipinski definition) is 0. The first-order valence-electron chi connectivity index (χ1n) is 8.29. The molecule has 0 N–H and O–H groups in total. The lowest BCUT2D eigenvalue weighted by atomic mass is 10.2. The van der Waals surface area contributed by atoms with Crippen LogP contribution in [0.4, 0.5) is 0 Å². The Kier molecular flexibility index (Phi) is 4.67. The van der Waals surface area contributed by atoms with Crippen molar-refractivity contribution in [1.82, 2.24) is 4.90 Å². The van der Waals surface area contributed by atoms with Crippen LogP contribution >= 0.6 is 0 Å². The van der Waals surface area contributed by atoms with Gasteiger partial charge < -0.3 is 14.4 Å². The van der Waals surface area contributed by atoms with Crippen LogP contribution in [0.25, 0.3) is 0 Å². The zero-order chi connectivity index (χ0) is 15.5. The van der Waals surface area contributed by atoms with Gasteiger partial charge in [-0.1, -0.05) is 0 Å². The number of likely N-dealkylation sites (tertiary alicyclic amines) is 1.